The molecule has 112 valence electrons. The number of hydrogen-bond donors (Lipinski definition) is 0. The lowest BCUT2D eigenvalue weighted by atomic mass is 10.2. The quantitative estimate of drug-likeness (QED) is 0.664. The maximum atomic E-state index is 5.98. The van der Waals surface area contributed by atoms with Crippen LogP contribution >= 0.6 is 23.4 Å². The molecule has 0 unspecified atom stereocenters. The van der Waals surface area contributed by atoms with Crippen molar-refractivity contribution in [1.82, 2.24) is 25.2 Å². The Balaban J connectivity index is 1.47. The molecule has 0 N–H and O–H groups in total. The molecule has 0 atom stereocenters. The van der Waals surface area contributed by atoms with Crippen LogP contribution in [-0.4, -0.2) is 25.2 Å². The minimum Gasteiger partial charge on any atom is -0.444 e. The first-order valence-corrected chi connectivity index (χ1v) is 8.27. The molecule has 4 rings (SSSR count). The summed E-state index contributed by atoms with van der Waals surface area (Å²) in [6, 6.07) is 7.92. The summed E-state index contributed by atoms with van der Waals surface area (Å²) in [5.74, 6) is 1.23. The van der Waals surface area contributed by atoms with Crippen molar-refractivity contribution in [3.63, 3.8) is 0 Å². The second-order valence-electron chi connectivity index (χ2n) is 5.08. The largest absolute Gasteiger partial charge is 0.444 e. The van der Waals surface area contributed by atoms with Gasteiger partial charge in [-0.25, -0.2) is 9.67 Å². The fourth-order valence-corrected chi connectivity index (χ4v) is 3.11. The summed E-state index contributed by atoms with van der Waals surface area (Å²) in [5.41, 5.74) is 1.72. The van der Waals surface area contributed by atoms with Gasteiger partial charge in [-0.3, -0.25) is 0 Å². The van der Waals surface area contributed by atoms with Crippen molar-refractivity contribution in [3.8, 4) is 11.5 Å². The molecule has 1 aliphatic rings. The third-order valence-electron chi connectivity index (χ3n) is 3.33. The first-order valence-electron chi connectivity index (χ1n) is 6.90. The predicted molar refractivity (Wildman–Crippen MR) is 82.6 cm³/mol. The molecular formula is C14H12ClN5OS. The fraction of sp³-hybridized carbons (Fsp3) is 0.286. The van der Waals surface area contributed by atoms with E-state index in [0.29, 0.717) is 22.7 Å². The van der Waals surface area contributed by atoms with Crippen LogP contribution in [0.2, 0.25) is 5.02 Å². The Morgan fingerprint density at radius 2 is 2.27 bits per heavy atom. The third kappa shape index (κ3) is 2.86. The third-order valence-corrected chi connectivity index (χ3v) is 4.53. The van der Waals surface area contributed by atoms with Gasteiger partial charge in [0.2, 0.25) is 11.0 Å². The molecule has 1 fully saturated rings. The van der Waals surface area contributed by atoms with Crippen LogP contribution in [-0.2, 0) is 5.75 Å². The normalized spacial score (nSPS) is 14.4. The Hall–Kier alpha value is -1.86. The Kier molecular flexibility index (Phi) is 3.59. The lowest BCUT2D eigenvalue weighted by molar-refractivity contribution is 0.565. The zero-order valence-electron chi connectivity index (χ0n) is 11.5. The van der Waals surface area contributed by atoms with Crippen molar-refractivity contribution in [2.75, 3.05) is 0 Å². The van der Waals surface area contributed by atoms with E-state index in [1.54, 1.807) is 18.0 Å². The van der Waals surface area contributed by atoms with Gasteiger partial charge in [0.1, 0.15) is 6.26 Å². The van der Waals surface area contributed by atoms with Crippen LogP contribution in [0.1, 0.15) is 24.6 Å². The summed E-state index contributed by atoms with van der Waals surface area (Å²) in [6.07, 6.45) is 3.97. The molecule has 0 radical (unpaired) electrons. The molecule has 3 aromatic rings. The van der Waals surface area contributed by atoms with E-state index in [4.69, 9.17) is 16.0 Å². The molecule has 6 nitrogen and oxygen atoms in total. The van der Waals surface area contributed by atoms with Crippen molar-refractivity contribution in [3.05, 3.63) is 41.2 Å². The van der Waals surface area contributed by atoms with Crippen molar-refractivity contribution in [2.24, 2.45) is 0 Å². The van der Waals surface area contributed by atoms with Gasteiger partial charge >= 0.3 is 0 Å². The average molecular weight is 334 g/mol. The topological polar surface area (TPSA) is 69.6 Å². The number of thioether (sulfide) groups is 1. The monoisotopic (exact) mass is 333 g/mol. The minimum absolute atomic E-state index is 0.469. The van der Waals surface area contributed by atoms with Crippen molar-refractivity contribution in [1.29, 1.82) is 0 Å². The zero-order chi connectivity index (χ0) is 14.9. The van der Waals surface area contributed by atoms with Gasteiger partial charge in [-0.2, -0.15) is 0 Å². The summed E-state index contributed by atoms with van der Waals surface area (Å²) in [6.45, 7) is 0. The van der Waals surface area contributed by atoms with Crippen LogP contribution < -0.4 is 0 Å². The first-order chi connectivity index (χ1) is 10.8. The first kappa shape index (κ1) is 13.8. The van der Waals surface area contributed by atoms with Crippen molar-refractivity contribution in [2.45, 2.75) is 29.8 Å². The zero-order valence-corrected chi connectivity index (χ0v) is 13.1. The highest BCUT2D eigenvalue weighted by Crippen LogP contribution is 2.37. The molecule has 0 aliphatic heterocycles. The number of aromatic nitrogens is 5. The lowest BCUT2D eigenvalue weighted by Gasteiger charge is -1.99. The second-order valence-corrected chi connectivity index (χ2v) is 6.46. The Morgan fingerprint density at radius 1 is 1.36 bits per heavy atom. The maximum absolute atomic E-state index is 5.98. The molecule has 2 aromatic heterocycles. The molecule has 1 saturated carbocycles. The van der Waals surface area contributed by atoms with Gasteiger partial charge in [-0.1, -0.05) is 29.4 Å². The van der Waals surface area contributed by atoms with E-state index in [1.165, 1.54) is 0 Å². The van der Waals surface area contributed by atoms with E-state index in [-0.39, 0.29) is 0 Å². The highest BCUT2D eigenvalue weighted by Gasteiger charge is 2.27. The van der Waals surface area contributed by atoms with E-state index in [0.717, 1.165) is 29.3 Å². The number of benzene rings is 1. The molecule has 0 amide bonds. The van der Waals surface area contributed by atoms with Crippen LogP contribution in [0.4, 0.5) is 0 Å². The highest BCUT2D eigenvalue weighted by atomic mass is 35.5. The minimum atomic E-state index is 0.469. The molecule has 22 heavy (non-hydrogen) atoms. The number of halogens is 1. The van der Waals surface area contributed by atoms with E-state index >= 15 is 0 Å². The number of hydrogen-bond acceptors (Lipinski definition) is 6. The van der Waals surface area contributed by atoms with Crippen LogP contribution in [0.3, 0.4) is 0 Å². The highest BCUT2D eigenvalue weighted by molar-refractivity contribution is 7.98. The maximum Gasteiger partial charge on any atom is 0.226 e. The van der Waals surface area contributed by atoms with Gasteiger partial charge in [-0.05, 0) is 41.5 Å². The van der Waals surface area contributed by atoms with E-state index < -0.39 is 0 Å². The van der Waals surface area contributed by atoms with E-state index in [1.807, 2.05) is 28.9 Å². The summed E-state index contributed by atoms with van der Waals surface area (Å²) in [4.78, 5) is 4.49. The number of oxazole rings is 1. The second kappa shape index (κ2) is 5.73. The molecule has 0 spiro atoms. The van der Waals surface area contributed by atoms with Gasteiger partial charge < -0.3 is 4.42 Å². The number of nitrogens with zero attached hydrogens (tertiary/aromatic N) is 5. The molecule has 1 aliphatic carbocycles. The van der Waals surface area contributed by atoms with Gasteiger partial charge in [0.05, 0.1) is 11.7 Å². The van der Waals surface area contributed by atoms with E-state index in [9.17, 15) is 0 Å². The predicted octanol–water partition coefficient (Wildman–Crippen LogP) is 3.61. The van der Waals surface area contributed by atoms with E-state index in [2.05, 4.69) is 20.5 Å². The van der Waals surface area contributed by atoms with Crippen LogP contribution in [0, 0.1) is 0 Å². The molecule has 0 saturated heterocycles. The number of rotatable bonds is 5. The van der Waals surface area contributed by atoms with Crippen molar-refractivity contribution < 1.29 is 4.42 Å². The molecule has 1 aromatic carbocycles. The summed E-state index contributed by atoms with van der Waals surface area (Å²) >= 11 is 7.55. The molecule has 8 heteroatoms. The van der Waals surface area contributed by atoms with Crippen molar-refractivity contribution >= 4 is 23.4 Å². The van der Waals surface area contributed by atoms with Crippen LogP contribution in [0.15, 0.2) is 40.1 Å². The Morgan fingerprint density at radius 3 is 3.09 bits per heavy atom. The Labute approximate surface area is 135 Å². The molecule has 2 heterocycles. The lowest BCUT2D eigenvalue weighted by Crippen LogP contribution is -1.98. The average Bonchev–Trinajstić information content (AvgIpc) is 3.08. The number of tetrazole rings is 1. The summed E-state index contributed by atoms with van der Waals surface area (Å²) in [7, 11) is 0. The van der Waals surface area contributed by atoms with Crippen LogP contribution in [0.25, 0.3) is 11.5 Å². The van der Waals surface area contributed by atoms with Gasteiger partial charge in [0, 0.05) is 16.3 Å². The fourth-order valence-electron chi connectivity index (χ4n) is 2.09. The van der Waals surface area contributed by atoms with Gasteiger partial charge in [0.25, 0.3) is 0 Å². The summed E-state index contributed by atoms with van der Waals surface area (Å²) < 4.78 is 7.42. The SMILES string of the molecule is Clc1cccc(-c2nc(CSc3nnnn3C3CC3)co2)c1. The molecule has 0 bridgehead atoms. The standard InChI is InChI=1S/C14H12ClN5OS/c15-10-3-1-2-9(6-10)13-16-11(7-21-13)8-22-14-17-18-19-20(14)12-4-5-12/h1-3,6-7,12H,4-5,8H2. The van der Waals surface area contributed by atoms with Gasteiger partial charge in [-0.15, -0.1) is 5.10 Å². The summed E-state index contributed by atoms with van der Waals surface area (Å²) in [5, 5.41) is 13.3. The Bertz CT molecular complexity index is 798. The molecular weight excluding hydrogens is 322 g/mol. The smallest absolute Gasteiger partial charge is 0.226 e. The van der Waals surface area contributed by atoms with Crippen LogP contribution in [0.5, 0.6) is 0 Å². The van der Waals surface area contributed by atoms with Gasteiger partial charge in [0.15, 0.2) is 0 Å².